The highest BCUT2D eigenvalue weighted by Crippen LogP contribution is 2.35. The summed E-state index contributed by atoms with van der Waals surface area (Å²) >= 11 is 0. The number of hydrogen-bond donors (Lipinski definition) is 1. The fourth-order valence-corrected chi connectivity index (χ4v) is 3.11. The molecule has 1 aromatic carbocycles. The van der Waals surface area contributed by atoms with Crippen molar-refractivity contribution in [1.82, 2.24) is 4.90 Å². The van der Waals surface area contributed by atoms with Crippen molar-refractivity contribution < 1.29 is 9.47 Å². The predicted octanol–water partition coefficient (Wildman–Crippen LogP) is 2.58. The first-order chi connectivity index (χ1) is 9.71. The molecule has 1 saturated heterocycles. The molecule has 0 aliphatic carbocycles. The molecule has 2 rings (SSSR count). The van der Waals surface area contributed by atoms with Crippen LogP contribution in [0, 0.1) is 0 Å². The molecule has 2 N–H and O–H groups in total. The molecular formula is C16H26N2O2. The van der Waals surface area contributed by atoms with Crippen molar-refractivity contribution in [3.8, 4) is 11.5 Å². The van der Waals surface area contributed by atoms with Crippen LogP contribution < -0.4 is 15.2 Å². The monoisotopic (exact) mass is 278 g/mol. The van der Waals surface area contributed by atoms with Crippen LogP contribution in [0.3, 0.4) is 0 Å². The van der Waals surface area contributed by atoms with Crippen LogP contribution in [0.25, 0.3) is 0 Å². The molecule has 0 bridgehead atoms. The maximum atomic E-state index is 6.43. The second kappa shape index (κ2) is 6.95. The number of hydrogen-bond acceptors (Lipinski definition) is 4. The molecule has 4 nitrogen and oxygen atoms in total. The zero-order valence-electron chi connectivity index (χ0n) is 12.8. The summed E-state index contributed by atoms with van der Waals surface area (Å²) in [5, 5.41) is 0. The molecular weight excluding hydrogens is 252 g/mol. The highest BCUT2D eigenvalue weighted by atomic mass is 16.5. The van der Waals surface area contributed by atoms with Gasteiger partial charge in [-0.3, -0.25) is 4.90 Å². The maximum absolute atomic E-state index is 6.43. The van der Waals surface area contributed by atoms with Gasteiger partial charge in [0.15, 0.2) is 11.5 Å². The number of nitrogens with zero attached hydrogens (tertiary/aromatic N) is 1. The van der Waals surface area contributed by atoms with E-state index < -0.39 is 0 Å². The second-order valence-electron chi connectivity index (χ2n) is 5.35. The molecule has 1 aliphatic heterocycles. The quantitative estimate of drug-likeness (QED) is 0.919. The summed E-state index contributed by atoms with van der Waals surface area (Å²) in [6, 6.07) is 6.59. The third-order valence-corrected chi connectivity index (χ3v) is 4.19. The van der Waals surface area contributed by atoms with Gasteiger partial charge in [-0.1, -0.05) is 19.4 Å². The van der Waals surface area contributed by atoms with E-state index in [0.717, 1.165) is 31.0 Å². The van der Waals surface area contributed by atoms with Crippen molar-refractivity contribution >= 4 is 0 Å². The number of likely N-dealkylation sites (N-methyl/N-ethyl adjacent to an activating group) is 1. The van der Waals surface area contributed by atoms with E-state index in [4.69, 9.17) is 15.2 Å². The van der Waals surface area contributed by atoms with Crippen LogP contribution in [-0.2, 0) is 0 Å². The van der Waals surface area contributed by atoms with Crippen LogP contribution in [0.4, 0.5) is 0 Å². The fourth-order valence-electron chi connectivity index (χ4n) is 3.11. The Kier molecular flexibility index (Phi) is 5.26. The lowest BCUT2D eigenvalue weighted by molar-refractivity contribution is 0.195. The molecule has 2 unspecified atom stereocenters. The zero-order valence-corrected chi connectivity index (χ0v) is 12.8. The van der Waals surface area contributed by atoms with Crippen LogP contribution in [0.15, 0.2) is 18.2 Å². The van der Waals surface area contributed by atoms with Crippen LogP contribution in [-0.4, -0.2) is 38.3 Å². The Hall–Kier alpha value is -1.26. The lowest BCUT2D eigenvalue weighted by atomic mass is 9.96. The number of rotatable bonds is 4. The van der Waals surface area contributed by atoms with Gasteiger partial charge in [-0.15, -0.1) is 0 Å². The van der Waals surface area contributed by atoms with E-state index in [-0.39, 0.29) is 12.1 Å². The molecule has 0 aromatic heterocycles. The van der Waals surface area contributed by atoms with E-state index in [1.807, 2.05) is 6.07 Å². The standard InChI is InChI=1S/C16H26N2O2/c1-4-18-10-6-5-7-13(17)16(18)12-8-9-14(19-2)15(11-12)20-3/h8-9,11,13,16H,4-7,10,17H2,1-3H3. The van der Waals surface area contributed by atoms with Gasteiger partial charge in [-0.2, -0.15) is 0 Å². The summed E-state index contributed by atoms with van der Waals surface area (Å²) < 4.78 is 10.7. The molecule has 112 valence electrons. The summed E-state index contributed by atoms with van der Waals surface area (Å²) in [5.74, 6) is 1.54. The largest absolute Gasteiger partial charge is 0.493 e. The fraction of sp³-hybridized carbons (Fsp3) is 0.625. The van der Waals surface area contributed by atoms with Crippen LogP contribution in [0.1, 0.15) is 37.8 Å². The normalized spacial score (nSPS) is 24.2. The van der Waals surface area contributed by atoms with E-state index >= 15 is 0 Å². The Morgan fingerprint density at radius 2 is 1.95 bits per heavy atom. The number of likely N-dealkylation sites (tertiary alicyclic amines) is 1. The third kappa shape index (κ3) is 3.07. The van der Waals surface area contributed by atoms with E-state index in [2.05, 4.69) is 24.0 Å². The van der Waals surface area contributed by atoms with Crippen LogP contribution in [0.2, 0.25) is 0 Å². The highest BCUT2D eigenvalue weighted by Gasteiger charge is 2.28. The minimum atomic E-state index is 0.176. The van der Waals surface area contributed by atoms with E-state index in [9.17, 15) is 0 Å². The first kappa shape index (κ1) is 15.1. The number of nitrogens with two attached hydrogens (primary N) is 1. The van der Waals surface area contributed by atoms with Gasteiger partial charge in [0.1, 0.15) is 0 Å². The summed E-state index contributed by atoms with van der Waals surface area (Å²) in [6.45, 7) is 4.34. The lowest BCUT2D eigenvalue weighted by Gasteiger charge is -2.33. The average molecular weight is 278 g/mol. The molecule has 20 heavy (non-hydrogen) atoms. The van der Waals surface area contributed by atoms with Crippen molar-refractivity contribution in [3.05, 3.63) is 23.8 Å². The topological polar surface area (TPSA) is 47.7 Å². The summed E-state index contributed by atoms with van der Waals surface area (Å²) in [6.07, 6.45) is 3.52. The van der Waals surface area contributed by atoms with Gasteiger partial charge in [0, 0.05) is 12.1 Å². The zero-order chi connectivity index (χ0) is 14.5. The van der Waals surface area contributed by atoms with Gasteiger partial charge in [-0.05, 0) is 43.6 Å². The van der Waals surface area contributed by atoms with Crippen molar-refractivity contribution in [1.29, 1.82) is 0 Å². The summed E-state index contributed by atoms with van der Waals surface area (Å²) in [5.41, 5.74) is 7.65. The minimum absolute atomic E-state index is 0.176. The lowest BCUT2D eigenvalue weighted by Crippen LogP contribution is -2.39. The van der Waals surface area contributed by atoms with Crippen molar-refractivity contribution in [2.24, 2.45) is 5.73 Å². The molecule has 0 radical (unpaired) electrons. The Morgan fingerprint density at radius 3 is 2.60 bits per heavy atom. The number of methoxy groups -OCH3 is 2. The Morgan fingerprint density at radius 1 is 1.20 bits per heavy atom. The second-order valence-corrected chi connectivity index (χ2v) is 5.35. The molecule has 1 aliphatic rings. The summed E-state index contributed by atoms with van der Waals surface area (Å²) in [4.78, 5) is 2.47. The number of benzene rings is 1. The molecule has 0 saturated carbocycles. The van der Waals surface area contributed by atoms with Crippen molar-refractivity contribution in [2.75, 3.05) is 27.3 Å². The predicted molar refractivity (Wildman–Crippen MR) is 81.4 cm³/mol. The maximum Gasteiger partial charge on any atom is 0.161 e. The van der Waals surface area contributed by atoms with Crippen LogP contribution in [0.5, 0.6) is 11.5 Å². The van der Waals surface area contributed by atoms with Gasteiger partial charge in [0.05, 0.1) is 14.2 Å². The highest BCUT2D eigenvalue weighted by molar-refractivity contribution is 5.44. The smallest absolute Gasteiger partial charge is 0.161 e. The molecule has 1 aromatic rings. The molecule has 0 spiro atoms. The van der Waals surface area contributed by atoms with Gasteiger partial charge in [-0.25, -0.2) is 0 Å². The summed E-state index contributed by atoms with van der Waals surface area (Å²) in [7, 11) is 3.33. The van der Waals surface area contributed by atoms with Gasteiger partial charge in [0.25, 0.3) is 0 Å². The Balaban J connectivity index is 2.35. The molecule has 1 heterocycles. The Labute approximate surface area is 121 Å². The number of ether oxygens (including phenoxy) is 2. The van der Waals surface area contributed by atoms with Crippen molar-refractivity contribution in [3.63, 3.8) is 0 Å². The SMILES string of the molecule is CCN1CCCCC(N)C1c1ccc(OC)c(OC)c1. The first-order valence-corrected chi connectivity index (χ1v) is 7.42. The van der Waals surface area contributed by atoms with Gasteiger partial charge >= 0.3 is 0 Å². The Bertz CT molecular complexity index is 436. The molecule has 2 atom stereocenters. The molecule has 4 heteroatoms. The van der Waals surface area contributed by atoms with Gasteiger partial charge < -0.3 is 15.2 Å². The minimum Gasteiger partial charge on any atom is -0.493 e. The third-order valence-electron chi connectivity index (χ3n) is 4.19. The molecule has 1 fully saturated rings. The van der Waals surface area contributed by atoms with E-state index in [0.29, 0.717) is 0 Å². The molecule has 0 amide bonds. The van der Waals surface area contributed by atoms with E-state index in [1.54, 1.807) is 14.2 Å². The first-order valence-electron chi connectivity index (χ1n) is 7.42. The van der Waals surface area contributed by atoms with E-state index in [1.165, 1.54) is 18.4 Å². The van der Waals surface area contributed by atoms with Gasteiger partial charge in [0.2, 0.25) is 0 Å². The van der Waals surface area contributed by atoms with Crippen molar-refractivity contribution in [2.45, 2.75) is 38.3 Å². The van der Waals surface area contributed by atoms with Crippen LogP contribution >= 0.6 is 0 Å². The average Bonchev–Trinajstić information content (AvgIpc) is 2.67.